The van der Waals surface area contributed by atoms with Crippen molar-refractivity contribution in [2.75, 3.05) is 0 Å². The van der Waals surface area contributed by atoms with Gasteiger partial charge >= 0.3 is 0 Å². The monoisotopic (exact) mass is 345 g/mol. The molecule has 0 saturated heterocycles. The summed E-state index contributed by atoms with van der Waals surface area (Å²) in [5.74, 6) is 0.545. The summed E-state index contributed by atoms with van der Waals surface area (Å²) in [4.78, 5) is 14.8. The van der Waals surface area contributed by atoms with E-state index in [2.05, 4.69) is 0 Å². The third kappa shape index (κ3) is 5.00. The molecule has 0 aliphatic rings. The molecule has 2 aromatic rings. The van der Waals surface area contributed by atoms with E-state index in [1.807, 2.05) is 56.0 Å². The summed E-state index contributed by atoms with van der Waals surface area (Å²) >= 11 is 5.97. The van der Waals surface area contributed by atoms with E-state index in [4.69, 9.17) is 16.3 Å². The van der Waals surface area contributed by atoms with Crippen molar-refractivity contribution in [3.05, 3.63) is 65.2 Å². The number of hydrogen-bond acceptors (Lipinski definition) is 2. The van der Waals surface area contributed by atoms with Crippen molar-refractivity contribution < 1.29 is 9.53 Å². The van der Waals surface area contributed by atoms with Crippen LogP contribution < -0.4 is 4.74 Å². The van der Waals surface area contributed by atoms with E-state index in [1.54, 1.807) is 31.2 Å². The van der Waals surface area contributed by atoms with E-state index in [-0.39, 0.29) is 11.4 Å². The zero-order valence-corrected chi connectivity index (χ0v) is 15.4. The Morgan fingerprint density at radius 1 is 1.12 bits per heavy atom. The number of amides is 1. The summed E-state index contributed by atoms with van der Waals surface area (Å²) in [5.41, 5.74) is 0.787. The summed E-state index contributed by atoms with van der Waals surface area (Å²) in [5, 5.41) is 0.587. The van der Waals surface area contributed by atoms with Gasteiger partial charge < -0.3 is 9.64 Å². The van der Waals surface area contributed by atoms with Gasteiger partial charge in [0.05, 0.1) is 0 Å². The molecule has 0 saturated carbocycles. The largest absolute Gasteiger partial charge is 0.481 e. The number of ether oxygens (including phenoxy) is 1. The summed E-state index contributed by atoms with van der Waals surface area (Å²) < 4.78 is 5.80. The van der Waals surface area contributed by atoms with Gasteiger partial charge in [-0.1, -0.05) is 48.0 Å². The summed E-state index contributed by atoms with van der Waals surface area (Å²) in [6, 6.07) is 17.1. The second-order valence-corrected chi connectivity index (χ2v) is 7.23. The molecule has 0 aliphatic heterocycles. The number of rotatable bonds is 5. The number of benzene rings is 2. The summed E-state index contributed by atoms with van der Waals surface area (Å²) in [7, 11) is 0. The topological polar surface area (TPSA) is 29.5 Å². The molecule has 1 unspecified atom stereocenters. The maximum Gasteiger partial charge on any atom is 0.264 e. The summed E-state index contributed by atoms with van der Waals surface area (Å²) in [6.07, 6.45) is -0.591. The fourth-order valence-electron chi connectivity index (χ4n) is 2.43. The number of carbonyl (C=O) groups is 1. The van der Waals surface area contributed by atoms with E-state index in [0.29, 0.717) is 17.3 Å². The molecule has 0 radical (unpaired) electrons. The molecule has 2 rings (SSSR count). The van der Waals surface area contributed by atoms with Crippen LogP contribution in [0.1, 0.15) is 33.3 Å². The highest BCUT2D eigenvalue weighted by Gasteiger charge is 2.30. The molecule has 4 heteroatoms. The predicted molar refractivity (Wildman–Crippen MR) is 98.3 cm³/mol. The third-order valence-corrected chi connectivity index (χ3v) is 3.95. The van der Waals surface area contributed by atoms with E-state index >= 15 is 0 Å². The van der Waals surface area contributed by atoms with Crippen molar-refractivity contribution in [2.24, 2.45) is 0 Å². The van der Waals surface area contributed by atoms with E-state index in [1.165, 1.54) is 0 Å². The maximum atomic E-state index is 13.0. The van der Waals surface area contributed by atoms with E-state index in [0.717, 1.165) is 5.56 Å². The Bertz CT molecular complexity index is 680. The molecule has 1 atom stereocenters. The lowest BCUT2D eigenvalue weighted by Crippen LogP contribution is -2.50. The number of nitrogens with zero attached hydrogens (tertiary/aromatic N) is 1. The molecule has 0 aliphatic carbocycles. The van der Waals surface area contributed by atoms with Crippen molar-refractivity contribution in [3.63, 3.8) is 0 Å². The summed E-state index contributed by atoms with van der Waals surface area (Å²) in [6.45, 7) is 8.40. The van der Waals surface area contributed by atoms with Gasteiger partial charge in [-0.15, -0.1) is 0 Å². The van der Waals surface area contributed by atoms with Crippen LogP contribution in [0.15, 0.2) is 54.6 Å². The first-order valence-electron chi connectivity index (χ1n) is 8.05. The second kappa shape index (κ2) is 7.71. The number of halogens is 1. The highest BCUT2D eigenvalue weighted by atomic mass is 35.5. The highest BCUT2D eigenvalue weighted by Crippen LogP contribution is 2.22. The third-order valence-electron chi connectivity index (χ3n) is 3.72. The minimum absolute atomic E-state index is 0.0497. The van der Waals surface area contributed by atoms with Crippen molar-refractivity contribution >= 4 is 17.5 Å². The second-order valence-electron chi connectivity index (χ2n) is 6.80. The zero-order chi connectivity index (χ0) is 17.7. The van der Waals surface area contributed by atoms with Crippen LogP contribution in [-0.2, 0) is 11.3 Å². The zero-order valence-electron chi connectivity index (χ0n) is 14.6. The number of carbonyl (C=O) groups excluding carboxylic acids is 1. The molecule has 3 nitrogen and oxygen atoms in total. The molecule has 0 aromatic heterocycles. The predicted octanol–water partition coefficient (Wildman–Crippen LogP) is 4.93. The van der Waals surface area contributed by atoms with Crippen molar-refractivity contribution in [1.29, 1.82) is 0 Å². The Balaban J connectivity index is 2.15. The smallest absolute Gasteiger partial charge is 0.264 e. The average molecular weight is 346 g/mol. The SMILES string of the molecule is CC(Oc1cccc(Cl)c1)C(=O)N(Cc1ccccc1)C(C)(C)C. The lowest BCUT2D eigenvalue weighted by atomic mass is 10.0. The first kappa shape index (κ1) is 18.3. The molecule has 0 N–H and O–H groups in total. The van der Waals surface area contributed by atoms with Crippen molar-refractivity contribution in [1.82, 2.24) is 4.90 Å². The number of hydrogen-bond donors (Lipinski definition) is 0. The van der Waals surface area contributed by atoms with E-state index in [9.17, 15) is 4.79 Å². The normalized spacial score (nSPS) is 12.5. The first-order valence-corrected chi connectivity index (χ1v) is 8.43. The maximum absolute atomic E-state index is 13.0. The fourth-order valence-corrected chi connectivity index (χ4v) is 2.61. The van der Waals surface area contributed by atoms with Crippen LogP contribution in [0.5, 0.6) is 5.75 Å². The Labute approximate surface area is 149 Å². The van der Waals surface area contributed by atoms with Gasteiger partial charge in [0.25, 0.3) is 5.91 Å². The molecule has 128 valence electrons. The van der Waals surface area contributed by atoms with Gasteiger partial charge in [-0.05, 0) is 51.5 Å². The molecular formula is C20H24ClNO2. The van der Waals surface area contributed by atoms with Crippen LogP contribution in [0.3, 0.4) is 0 Å². The Morgan fingerprint density at radius 3 is 2.38 bits per heavy atom. The van der Waals surface area contributed by atoms with Gasteiger partial charge in [0.1, 0.15) is 5.75 Å². The quantitative estimate of drug-likeness (QED) is 0.768. The van der Waals surface area contributed by atoms with Crippen molar-refractivity contribution in [2.45, 2.75) is 45.9 Å². The molecule has 1 amide bonds. The molecule has 0 spiro atoms. The molecule has 0 fully saturated rings. The lowest BCUT2D eigenvalue weighted by molar-refractivity contribution is -0.143. The van der Waals surface area contributed by atoms with Gasteiger partial charge in [0.15, 0.2) is 6.10 Å². The van der Waals surface area contributed by atoms with E-state index < -0.39 is 6.10 Å². The highest BCUT2D eigenvalue weighted by molar-refractivity contribution is 6.30. The van der Waals surface area contributed by atoms with Gasteiger partial charge in [-0.2, -0.15) is 0 Å². The average Bonchev–Trinajstić information content (AvgIpc) is 2.52. The van der Waals surface area contributed by atoms with Gasteiger partial charge in [-0.25, -0.2) is 0 Å². The van der Waals surface area contributed by atoms with Crippen LogP contribution in [0.4, 0.5) is 0 Å². The fraction of sp³-hybridized carbons (Fsp3) is 0.350. The van der Waals surface area contributed by atoms with Crippen LogP contribution >= 0.6 is 11.6 Å². The van der Waals surface area contributed by atoms with Crippen LogP contribution in [0, 0.1) is 0 Å². The minimum Gasteiger partial charge on any atom is -0.481 e. The standard InChI is InChI=1S/C20H24ClNO2/c1-15(24-18-12-8-11-17(21)13-18)19(23)22(20(2,3)4)14-16-9-6-5-7-10-16/h5-13,15H,14H2,1-4H3. The Hall–Kier alpha value is -2.00. The molecule has 0 heterocycles. The lowest BCUT2D eigenvalue weighted by Gasteiger charge is -2.37. The Kier molecular flexibility index (Phi) is 5.89. The minimum atomic E-state index is -0.591. The Morgan fingerprint density at radius 2 is 1.79 bits per heavy atom. The van der Waals surface area contributed by atoms with Crippen molar-refractivity contribution in [3.8, 4) is 5.75 Å². The molecular weight excluding hydrogens is 322 g/mol. The van der Waals surface area contributed by atoms with Gasteiger partial charge in [0.2, 0.25) is 0 Å². The first-order chi connectivity index (χ1) is 11.3. The van der Waals surface area contributed by atoms with Crippen LogP contribution in [0.25, 0.3) is 0 Å². The van der Waals surface area contributed by atoms with Crippen LogP contribution in [0.2, 0.25) is 5.02 Å². The van der Waals surface area contributed by atoms with Crippen LogP contribution in [-0.4, -0.2) is 22.4 Å². The molecule has 24 heavy (non-hydrogen) atoms. The molecule has 2 aromatic carbocycles. The van der Waals surface area contributed by atoms with Gasteiger partial charge in [-0.3, -0.25) is 4.79 Å². The molecule has 0 bridgehead atoms. The van der Waals surface area contributed by atoms with Gasteiger partial charge in [0, 0.05) is 17.1 Å².